The van der Waals surface area contributed by atoms with E-state index in [0.717, 1.165) is 36.5 Å². The van der Waals surface area contributed by atoms with Gasteiger partial charge in [-0.05, 0) is 50.8 Å². The molecule has 1 aliphatic heterocycles. The summed E-state index contributed by atoms with van der Waals surface area (Å²) in [6.07, 6.45) is 9.83. The fourth-order valence-corrected chi connectivity index (χ4v) is 2.80. The monoisotopic (exact) mass is 268 g/mol. The molecule has 1 aliphatic rings. The lowest BCUT2D eigenvalue weighted by Gasteiger charge is -2.18. The number of nitrogens with one attached hydrogen (secondary N) is 1. The van der Waals surface area contributed by atoms with Gasteiger partial charge in [0.15, 0.2) is 0 Å². The molecule has 1 N–H and O–H groups in total. The van der Waals surface area contributed by atoms with Gasteiger partial charge in [-0.1, -0.05) is 11.6 Å². The molecule has 3 nitrogen and oxygen atoms in total. The van der Waals surface area contributed by atoms with Gasteiger partial charge in [0.05, 0.1) is 11.1 Å². The summed E-state index contributed by atoms with van der Waals surface area (Å²) < 4.78 is 5.64. The van der Waals surface area contributed by atoms with Crippen LogP contribution >= 0.6 is 11.6 Å². The maximum Gasteiger partial charge on any atom is 0.0637 e. The molecular formula is C14H21ClN2O. The molecule has 0 saturated carbocycles. The predicted octanol–water partition coefficient (Wildman–Crippen LogP) is 3.34. The molecule has 1 fully saturated rings. The first-order valence-electron chi connectivity index (χ1n) is 6.69. The molecule has 0 spiro atoms. The SMILES string of the molecule is CNC(CCCC1CCCO1)c1ccncc1Cl. The molecule has 1 aromatic rings. The molecule has 1 aromatic heterocycles. The quantitative estimate of drug-likeness (QED) is 0.859. The predicted molar refractivity (Wildman–Crippen MR) is 73.9 cm³/mol. The van der Waals surface area contributed by atoms with Crippen LogP contribution in [0, 0.1) is 0 Å². The van der Waals surface area contributed by atoms with Crippen molar-refractivity contribution in [2.24, 2.45) is 0 Å². The minimum atomic E-state index is 0.307. The van der Waals surface area contributed by atoms with Crippen molar-refractivity contribution in [3.05, 3.63) is 29.0 Å². The Kier molecular flexibility index (Phi) is 5.42. The first-order chi connectivity index (χ1) is 8.81. The standard InChI is InChI=1S/C14H21ClN2O/c1-16-14(12-7-8-17-10-13(12)15)6-2-4-11-5-3-9-18-11/h7-8,10-11,14,16H,2-6,9H2,1H3. The number of nitrogens with zero attached hydrogens (tertiary/aromatic N) is 1. The van der Waals surface area contributed by atoms with Gasteiger partial charge < -0.3 is 10.1 Å². The molecule has 2 rings (SSSR count). The van der Waals surface area contributed by atoms with Crippen molar-refractivity contribution in [3.63, 3.8) is 0 Å². The van der Waals surface area contributed by atoms with E-state index in [4.69, 9.17) is 16.3 Å². The van der Waals surface area contributed by atoms with Crippen LogP contribution in [-0.4, -0.2) is 24.7 Å². The van der Waals surface area contributed by atoms with E-state index in [0.29, 0.717) is 12.1 Å². The highest BCUT2D eigenvalue weighted by molar-refractivity contribution is 6.31. The minimum Gasteiger partial charge on any atom is -0.378 e. The highest BCUT2D eigenvalue weighted by atomic mass is 35.5. The topological polar surface area (TPSA) is 34.1 Å². The average Bonchev–Trinajstić information content (AvgIpc) is 2.89. The summed E-state index contributed by atoms with van der Waals surface area (Å²) in [5.74, 6) is 0. The van der Waals surface area contributed by atoms with Gasteiger partial charge in [0, 0.05) is 25.0 Å². The normalized spacial score (nSPS) is 21.1. The Hall–Kier alpha value is -0.640. The fraction of sp³-hybridized carbons (Fsp3) is 0.643. The second-order valence-corrected chi connectivity index (χ2v) is 5.21. The first kappa shape index (κ1) is 13.8. The Morgan fingerprint density at radius 3 is 3.17 bits per heavy atom. The molecule has 0 aromatic carbocycles. The minimum absolute atomic E-state index is 0.307. The van der Waals surface area contributed by atoms with E-state index in [2.05, 4.69) is 10.3 Å². The van der Waals surface area contributed by atoms with Crippen molar-refractivity contribution in [1.29, 1.82) is 0 Å². The lowest BCUT2D eigenvalue weighted by Crippen LogP contribution is -2.17. The van der Waals surface area contributed by atoms with Gasteiger partial charge in [-0.3, -0.25) is 4.98 Å². The zero-order valence-electron chi connectivity index (χ0n) is 10.9. The Morgan fingerprint density at radius 2 is 2.50 bits per heavy atom. The largest absolute Gasteiger partial charge is 0.378 e. The van der Waals surface area contributed by atoms with Crippen molar-refractivity contribution in [2.75, 3.05) is 13.7 Å². The molecular weight excluding hydrogens is 248 g/mol. The van der Waals surface area contributed by atoms with Crippen molar-refractivity contribution < 1.29 is 4.74 Å². The second-order valence-electron chi connectivity index (χ2n) is 4.80. The summed E-state index contributed by atoms with van der Waals surface area (Å²) in [5.41, 5.74) is 1.14. The van der Waals surface area contributed by atoms with Crippen LogP contribution in [0.1, 0.15) is 43.7 Å². The van der Waals surface area contributed by atoms with Crippen LogP contribution in [0.4, 0.5) is 0 Å². The maximum atomic E-state index is 6.18. The summed E-state index contributed by atoms with van der Waals surface area (Å²) in [5, 5.41) is 4.08. The molecule has 2 heterocycles. The third kappa shape index (κ3) is 3.67. The van der Waals surface area contributed by atoms with Crippen LogP contribution in [0.15, 0.2) is 18.5 Å². The number of pyridine rings is 1. The van der Waals surface area contributed by atoms with Gasteiger partial charge in [-0.25, -0.2) is 0 Å². The van der Waals surface area contributed by atoms with E-state index in [-0.39, 0.29) is 0 Å². The fourth-order valence-electron chi connectivity index (χ4n) is 2.55. The molecule has 0 amide bonds. The number of halogens is 1. The Morgan fingerprint density at radius 1 is 1.61 bits per heavy atom. The summed E-state index contributed by atoms with van der Waals surface area (Å²) in [6, 6.07) is 2.30. The van der Waals surface area contributed by atoms with Crippen molar-refractivity contribution in [2.45, 2.75) is 44.2 Å². The molecule has 2 unspecified atom stereocenters. The summed E-state index contributed by atoms with van der Waals surface area (Å²) >= 11 is 6.18. The van der Waals surface area contributed by atoms with E-state index in [1.807, 2.05) is 13.1 Å². The van der Waals surface area contributed by atoms with E-state index in [9.17, 15) is 0 Å². The highest BCUT2D eigenvalue weighted by Gasteiger charge is 2.17. The van der Waals surface area contributed by atoms with Crippen LogP contribution in [0.5, 0.6) is 0 Å². The lowest BCUT2D eigenvalue weighted by molar-refractivity contribution is 0.101. The van der Waals surface area contributed by atoms with E-state index in [1.165, 1.54) is 12.8 Å². The summed E-state index contributed by atoms with van der Waals surface area (Å²) in [4.78, 5) is 4.03. The van der Waals surface area contributed by atoms with Gasteiger partial charge in [0.1, 0.15) is 0 Å². The van der Waals surface area contributed by atoms with Gasteiger partial charge >= 0.3 is 0 Å². The number of hydrogen-bond acceptors (Lipinski definition) is 3. The number of aromatic nitrogens is 1. The van der Waals surface area contributed by atoms with E-state index in [1.54, 1.807) is 12.4 Å². The first-order valence-corrected chi connectivity index (χ1v) is 7.07. The molecule has 0 radical (unpaired) electrons. The van der Waals surface area contributed by atoms with Gasteiger partial charge in [-0.15, -0.1) is 0 Å². The van der Waals surface area contributed by atoms with Crippen molar-refractivity contribution in [1.82, 2.24) is 10.3 Å². The third-order valence-electron chi connectivity index (χ3n) is 3.57. The zero-order chi connectivity index (χ0) is 12.8. The van der Waals surface area contributed by atoms with Crippen LogP contribution in [0.2, 0.25) is 5.02 Å². The van der Waals surface area contributed by atoms with E-state index >= 15 is 0 Å². The number of hydrogen-bond donors (Lipinski definition) is 1. The van der Waals surface area contributed by atoms with E-state index < -0.39 is 0 Å². The van der Waals surface area contributed by atoms with Crippen LogP contribution in [-0.2, 0) is 4.74 Å². The molecule has 18 heavy (non-hydrogen) atoms. The summed E-state index contributed by atoms with van der Waals surface area (Å²) in [7, 11) is 1.98. The average molecular weight is 269 g/mol. The number of ether oxygens (including phenoxy) is 1. The zero-order valence-corrected chi connectivity index (χ0v) is 11.6. The maximum absolute atomic E-state index is 6.18. The van der Waals surface area contributed by atoms with Gasteiger partial charge in [-0.2, -0.15) is 0 Å². The van der Waals surface area contributed by atoms with Crippen LogP contribution in [0.3, 0.4) is 0 Å². The van der Waals surface area contributed by atoms with Crippen LogP contribution in [0.25, 0.3) is 0 Å². The van der Waals surface area contributed by atoms with Crippen molar-refractivity contribution in [3.8, 4) is 0 Å². The van der Waals surface area contributed by atoms with Crippen LogP contribution < -0.4 is 5.32 Å². The Balaban J connectivity index is 1.83. The molecule has 0 bridgehead atoms. The second kappa shape index (κ2) is 7.07. The van der Waals surface area contributed by atoms with Gasteiger partial charge in [0.25, 0.3) is 0 Å². The van der Waals surface area contributed by atoms with Gasteiger partial charge in [0.2, 0.25) is 0 Å². The molecule has 4 heteroatoms. The lowest BCUT2D eigenvalue weighted by atomic mass is 10.00. The smallest absolute Gasteiger partial charge is 0.0637 e. The third-order valence-corrected chi connectivity index (χ3v) is 3.89. The molecule has 100 valence electrons. The Labute approximate surface area is 114 Å². The molecule has 1 saturated heterocycles. The van der Waals surface area contributed by atoms with Crippen molar-refractivity contribution >= 4 is 11.6 Å². The molecule has 0 aliphatic carbocycles. The molecule has 2 atom stereocenters. The number of rotatable bonds is 6. The summed E-state index contributed by atoms with van der Waals surface area (Å²) in [6.45, 7) is 0.941. The highest BCUT2D eigenvalue weighted by Crippen LogP contribution is 2.27. The Bertz CT molecular complexity index is 367.